The molecule has 7 heteroatoms. The van der Waals surface area contributed by atoms with E-state index in [1.807, 2.05) is 18.2 Å². The summed E-state index contributed by atoms with van der Waals surface area (Å²) in [6.45, 7) is 4.15. The summed E-state index contributed by atoms with van der Waals surface area (Å²) in [5.41, 5.74) is 0.918. The Morgan fingerprint density at radius 3 is 2.67 bits per heavy atom. The minimum atomic E-state index is -0.491. The number of aryl methyl sites for hydroxylation is 1. The molecular formula is C23H26N4O3. The van der Waals surface area contributed by atoms with Gasteiger partial charge in [0.05, 0.1) is 10.9 Å². The molecule has 3 aromatic rings. The van der Waals surface area contributed by atoms with Crippen LogP contribution in [0.1, 0.15) is 31.4 Å². The summed E-state index contributed by atoms with van der Waals surface area (Å²) in [4.78, 5) is 41.4. The zero-order valence-corrected chi connectivity index (χ0v) is 17.0. The maximum Gasteiger partial charge on any atom is 0.328 e. The van der Waals surface area contributed by atoms with Gasteiger partial charge in [0, 0.05) is 38.1 Å². The third kappa shape index (κ3) is 4.21. The van der Waals surface area contributed by atoms with Crippen molar-refractivity contribution < 1.29 is 4.79 Å². The number of likely N-dealkylation sites (tertiary alicyclic amines) is 1. The molecule has 1 saturated heterocycles. The van der Waals surface area contributed by atoms with E-state index >= 15 is 0 Å². The highest BCUT2D eigenvalue weighted by atomic mass is 16.2. The first-order valence-electron chi connectivity index (χ1n) is 10.3. The van der Waals surface area contributed by atoms with Crippen molar-refractivity contribution in [3.05, 3.63) is 81.0 Å². The molecule has 2 aromatic carbocycles. The van der Waals surface area contributed by atoms with E-state index in [9.17, 15) is 14.4 Å². The molecule has 0 bridgehead atoms. The molecule has 0 spiro atoms. The zero-order chi connectivity index (χ0) is 21.1. The number of hydrogen-bond donors (Lipinski definition) is 2. The minimum Gasteiger partial charge on any atom is -0.352 e. The standard InChI is InChI=1S/C23H26N4O3/c1-16(17-7-3-2-4-8-17)26-13-11-18(15-26)24-21(28)12-14-27-20-10-6-5-9-19(20)22(29)25-23(27)30/h2-10,16,18H,11-15H2,1H3,(H,24,28)(H,25,29,30)/t16-,18-/m1/s1. The fourth-order valence-electron chi connectivity index (χ4n) is 4.18. The lowest BCUT2D eigenvalue weighted by molar-refractivity contribution is -0.121. The molecule has 4 rings (SSSR count). The quantitative estimate of drug-likeness (QED) is 0.656. The fraction of sp³-hybridized carbons (Fsp3) is 0.348. The second kappa shape index (κ2) is 8.67. The highest BCUT2D eigenvalue weighted by molar-refractivity contribution is 5.79. The monoisotopic (exact) mass is 406 g/mol. The molecule has 1 amide bonds. The van der Waals surface area contributed by atoms with Crippen molar-refractivity contribution in [2.75, 3.05) is 13.1 Å². The highest BCUT2D eigenvalue weighted by Gasteiger charge is 2.27. The second-order valence-corrected chi connectivity index (χ2v) is 7.81. The molecule has 156 valence electrons. The van der Waals surface area contributed by atoms with Crippen LogP contribution in [0, 0.1) is 0 Å². The summed E-state index contributed by atoms with van der Waals surface area (Å²) < 4.78 is 1.45. The minimum absolute atomic E-state index is 0.0867. The van der Waals surface area contributed by atoms with Gasteiger partial charge in [-0.3, -0.25) is 24.0 Å². The van der Waals surface area contributed by atoms with E-state index in [1.54, 1.807) is 24.3 Å². The van der Waals surface area contributed by atoms with E-state index in [0.717, 1.165) is 19.5 Å². The van der Waals surface area contributed by atoms with E-state index < -0.39 is 11.2 Å². The van der Waals surface area contributed by atoms with Gasteiger partial charge in [0.25, 0.3) is 5.56 Å². The van der Waals surface area contributed by atoms with E-state index in [2.05, 4.69) is 34.3 Å². The SMILES string of the molecule is C[C@H](c1ccccc1)N1CC[C@@H](NC(=O)CCn2c(=O)[nH]c(=O)c3ccccc32)C1. The average Bonchev–Trinajstić information content (AvgIpc) is 3.22. The molecule has 0 saturated carbocycles. The van der Waals surface area contributed by atoms with Gasteiger partial charge in [-0.05, 0) is 31.0 Å². The maximum absolute atomic E-state index is 12.5. The first kappa shape index (κ1) is 20.1. The van der Waals surface area contributed by atoms with Gasteiger partial charge in [-0.1, -0.05) is 42.5 Å². The van der Waals surface area contributed by atoms with Gasteiger partial charge in [-0.15, -0.1) is 0 Å². The molecule has 1 aromatic heterocycles. The molecule has 30 heavy (non-hydrogen) atoms. The summed E-state index contributed by atoms with van der Waals surface area (Å²) >= 11 is 0. The van der Waals surface area contributed by atoms with Crippen molar-refractivity contribution in [3.8, 4) is 0 Å². The summed E-state index contributed by atoms with van der Waals surface area (Å²) in [6, 6.07) is 17.7. The number of carbonyl (C=O) groups excluding carboxylic acids is 1. The Kier molecular flexibility index (Phi) is 5.81. The molecule has 7 nitrogen and oxygen atoms in total. The number of benzene rings is 2. The maximum atomic E-state index is 12.5. The summed E-state index contributed by atoms with van der Waals surface area (Å²) in [5.74, 6) is -0.0867. The number of carbonyl (C=O) groups is 1. The van der Waals surface area contributed by atoms with Crippen molar-refractivity contribution in [3.63, 3.8) is 0 Å². The van der Waals surface area contributed by atoms with Crippen LogP contribution < -0.4 is 16.6 Å². The Labute approximate surface area is 174 Å². The molecule has 0 aliphatic carbocycles. The summed E-state index contributed by atoms with van der Waals surface area (Å²) in [6.07, 6.45) is 1.09. The smallest absolute Gasteiger partial charge is 0.328 e. The lowest BCUT2D eigenvalue weighted by Gasteiger charge is -2.24. The first-order valence-corrected chi connectivity index (χ1v) is 10.3. The van der Waals surface area contributed by atoms with Crippen LogP contribution in [-0.2, 0) is 11.3 Å². The summed E-state index contributed by atoms with van der Waals surface area (Å²) in [5, 5.41) is 3.54. The predicted octanol–water partition coefficient (Wildman–Crippen LogP) is 2.03. The van der Waals surface area contributed by atoms with E-state index in [4.69, 9.17) is 0 Å². The zero-order valence-electron chi connectivity index (χ0n) is 17.0. The average molecular weight is 406 g/mol. The third-order valence-electron chi connectivity index (χ3n) is 5.88. The van der Waals surface area contributed by atoms with Crippen molar-refractivity contribution >= 4 is 16.8 Å². The number of fused-ring (bicyclic) bond motifs is 1. The van der Waals surface area contributed by atoms with Crippen LogP contribution >= 0.6 is 0 Å². The van der Waals surface area contributed by atoms with Crippen molar-refractivity contribution in [2.24, 2.45) is 0 Å². The molecule has 1 aliphatic rings. The van der Waals surface area contributed by atoms with Gasteiger partial charge in [0.1, 0.15) is 0 Å². The van der Waals surface area contributed by atoms with Gasteiger partial charge in [0.2, 0.25) is 5.91 Å². The fourth-order valence-corrected chi connectivity index (χ4v) is 4.18. The number of nitrogens with one attached hydrogen (secondary N) is 2. The number of aromatic amines is 1. The van der Waals surface area contributed by atoms with Crippen molar-refractivity contribution in [1.82, 2.24) is 19.8 Å². The molecule has 2 heterocycles. The molecule has 1 fully saturated rings. The van der Waals surface area contributed by atoms with Gasteiger partial charge < -0.3 is 5.32 Å². The van der Waals surface area contributed by atoms with Crippen molar-refractivity contribution in [1.29, 1.82) is 0 Å². The predicted molar refractivity (Wildman–Crippen MR) is 116 cm³/mol. The number of H-pyrrole nitrogens is 1. The molecule has 0 unspecified atom stereocenters. The topological polar surface area (TPSA) is 87.2 Å². The first-order chi connectivity index (χ1) is 14.5. The molecule has 0 radical (unpaired) electrons. The van der Waals surface area contributed by atoms with Crippen LogP contribution in [0.25, 0.3) is 10.9 Å². The lowest BCUT2D eigenvalue weighted by atomic mass is 10.1. The van der Waals surface area contributed by atoms with Crippen LogP contribution in [0.2, 0.25) is 0 Å². The van der Waals surface area contributed by atoms with Gasteiger partial charge in [-0.2, -0.15) is 0 Å². The largest absolute Gasteiger partial charge is 0.352 e. The number of aromatic nitrogens is 2. The Morgan fingerprint density at radius 2 is 1.87 bits per heavy atom. The van der Waals surface area contributed by atoms with Crippen LogP contribution in [-0.4, -0.2) is 39.5 Å². The van der Waals surface area contributed by atoms with Crippen LogP contribution in [0.5, 0.6) is 0 Å². The highest BCUT2D eigenvalue weighted by Crippen LogP contribution is 2.24. The molecule has 2 N–H and O–H groups in total. The van der Waals surface area contributed by atoms with Crippen LogP contribution in [0.4, 0.5) is 0 Å². The van der Waals surface area contributed by atoms with Crippen molar-refractivity contribution in [2.45, 2.75) is 38.4 Å². The Balaban J connectivity index is 1.36. The number of para-hydroxylation sites is 1. The van der Waals surface area contributed by atoms with Gasteiger partial charge in [-0.25, -0.2) is 4.79 Å². The third-order valence-corrected chi connectivity index (χ3v) is 5.88. The Hall–Kier alpha value is -3.19. The molecular weight excluding hydrogens is 380 g/mol. The number of nitrogens with zero attached hydrogens (tertiary/aromatic N) is 2. The van der Waals surface area contributed by atoms with Crippen LogP contribution in [0.3, 0.4) is 0 Å². The Morgan fingerprint density at radius 1 is 1.13 bits per heavy atom. The van der Waals surface area contributed by atoms with E-state index in [-0.39, 0.29) is 24.9 Å². The lowest BCUT2D eigenvalue weighted by Crippen LogP contribution is -2.38. The van der Waals surface area contributed by atoms with Gasteiger partial charge >= 0.3 is 5.69 Å². The van der Waals surface area contributed by atoms with Gasteiger partial charge in [0.15, 0.2) is 0 Å². The Bertz CT molecular complexity index is 1150. The van der Waals surface area contributed by atoms with Crippen LogP contribution in [0.15, 0.2) is 64.2 Å². The number of hydrogen-bond acceptors (Lipinski definition) is 4. The van der Waals surface area contributed by atoms with E-state index in [0.29, 0.717) is 16.9 Å². The molecule has 1 aliphatic heterocycles. The second-order valence-electron chi connectivity index (χ2n) is 7.81. The molecule has 2 atom stereocenters. The summed E-state index contributed by atoms with van der Waals surface area (Å²) in [7, 11) is 0. The van der Waals surface area contributed by atoms with E-state index in [1.165, 1.54) is 10.1 Å². The normalized spacial score (nSPS) is 17.8. The number of rotatable bonds is 6. The number of amides is 1.